The Morgan fingerprint density at radius 2 is 1.80 bits per heavy atom. The summed E-state index contributed by atoms with van der Waals surface area (Å²) in [6.45, 7) is 8.73. The normalized spacial score (nSPS) is 11.9. The average molecular weight is 202 g/mol. The number of hydrogen-bond acceptors (Lipinski definition) is 1. The molecule has 0 N–H and O–H groups in total. The second-order valence-electron chi connectivity index (χ2n) is 4.61. The highest BCUT2D eigenvalue weighted by Crippen LogP contribution is 2.21. The molecule has 2 rings (SSSR count). The van der Waals surface area contributed by atoms with Crippen LogP contribution in [0.1, 0.15) is 45.3 Å². The molecule has 0 aliphatic carbocycles. The summed E-state index contributed by atoms with van der Waals surface area (Å²) < 4.78 is 2.26. The summed E-state index contributed by atoms with van der Waals surface area (Å²) in [4.78, 5) is 4.66. The van der Waals surface area contributed by atoms with E-state index in [4.69, 9.17) is 0 Å². The average Bonchev–Trinajstić information content (AvgIpc) is 2.59. The van der Waals surface area contributed by atoms with Crippen LogP contribution in [-0.2, 0) is 0 Å². The van der Waals surface area contributed by atoms with Crippen molar-refractivity contribution in [3.05, 3.63) is 30.1 Å². The molecule has 2 aromatic rings. The van der Waals surface area contributed by atoms with Crippen molar-refractivity contribution >= 4 is 11.0 Å². The zero-order valence-corrected chi connectivity index (χ0v) is 9.86. The van der Waals surface area contributed by atoms with Crippen molar-refractivity contribution in [3.63, 3.8) is 0 Å². The van der Waals surface area contributed by atoms with Crippen LogP contribution in [0.4, 0.5) is 0 Å². The van der Waals surface area contributed by atoms with Crippen LogP contribution in [0.5, 0.6) is 0 Å². The first-order valence-corrected chi connectivity index (χ1v) is 5.57. The SMILES string of the molecule is CC(C)c1ccc2c(ccn2C(C)C)n1. The third-order valence-corrected chi connectivity index (χ3v) is 2.74. The summed E-state index contributed by atoms with van der Waals surface area (Å²) in [6, 6.07) is 6.90. The lowest BCUT2D eigenvalue weighted by atomic mass is 10.1. The van der Waals surface area contributed by atoms with E-state index in [1.807, 2.05) is 0 Å². The van der Waals surface area contributed by atoms with Crippen molar-refractivity contribution in [1.29, 1.82) is 0 Å². The van der Waals surface area contributed by atoms with Crippen LogP contribution in [0.3, 0.4) is 0 Å². The molecule has 0 amide bonds. The lowest BCUT2D eigenvalue weighted by Gasteiger charge is -2.09. The maximum atomic E-state index is 4.66. The number of pyridine rings is 1. The van der Waals surface area contributed by atoms with Gasteiger partial charge in [0.1, 0.15) is 0 Å². The number of hydrogen-bond donors (Lipinski definition) is 0. The fourth-order valence-electron chi connectivity index (χ4n) is 1.83. The monoisotopic (exact) mass is 202 g/mol. The molecule has 15 heavy (non-hydrogen) atoms. The molecule has 0 saturated carbocycles. The van der Waals surface area contributed by atoms with E-state index in [9.17, 15) is 0 Å². The molecule has 2 aromatic heterocycles. The molecular weight excluding hydrogens is 184 g/mol. The Hall–Kier alpha value is -1.31. The van der Waals surface area contributed by atoms with Crippen molar-refractivity contribution < 1.29 is 0 Å². The first-order valence-electron chi connectivity index (χ1n) is 5.57. The van der Waals surface area contributed by atoms with Gasteiger partial charge in [-0.15, -0.1) is 0 Å². The molecule has 2 heterocycles. The van der Waals surface area contributed by atoms with E-state index in [2.05, 4.69) is 61.6 Å². The molecule has 80 valence electrons. The first kappa shape index (κ1) is 10.2. The molecule has 0 spiro atoms. The minimum Gasteiger partial charge on any atom is -0.344 e. The van der Waals surface area contributed by atoms with Gasteiger partial charge in [-0.3, -0.25) is 4.98 Å². The molecule has 2 nitrogen and oxygen atoms in total. The van der Waals surface area contributed by atoms with Crippen molar-refractivity contribution in [2.24, 2.45) is 0 Å². The highest BCUT2D eigenvalue weighted by atomic mass is 15.0. The van der Waals surface area contributed by atoms with Gasteiger partial charge in [-0.05, 0) is 38.0 Å². The molecule has 0 fully saturated rings. The summed E-state index contributed by atoms with van der Waals surface area (Å²) >= 11 is 0. The lowest BCUT2D eigenvalue weighted by molar-refractivity contribution is 0.622. The molecular formula is C13H18N2. The number of fused-ring (bicyclic) bond motifs is 1. The van der Waals surface area contributed by atoms with E-state index in [0.29, 0.717) is 12.0 Å². The molecule has 0 aromatic carbocycles. The summed E-state index contributed by atoms with van der Waals surface area (Å²) in [5, 5.41) is 0. The third-order valence-electron chi connectivity index (χ3n) is 2.74. The Morgan fingerprint density at radius 1 is 1.07 bits per heavy atom. The van der Waals surface area contributed by atoms with E-state index in [1.54, 1.807) is 0 Å². The molecule has 0 aliphatic heterocycles. The zero-order chi connectivity index (χ0) is 11.0. The maximum Gasteiger partial charge on any atom is 0.0884 e. The van der Waals surface area contributed by atoms with Gasteiger partial charge in [-0.2, -0.15) is 0 Å². The van der Waals surface area contributed by atoms with Crippen molar-refractivity contribution in [2.75, 3.05) is 0 Å². The summed E-state index contributed by atoms with van der Waals surface area (Å²) in [7, 11) is 0. The smallest absolute Gasteiger partial charge is 0.0884 e. The molecule has 0 aliphatic rings. The highest BCUT2D eigenvalue weighted by Gasteiger charge is 2.07. The van der Waals surface area contributed by atoms with Gasteiger partial charge in [-0.1, -0.05) is 13.8 Å². The Labute approximate surface area is 90.9 Å². The largest absolute Gasteiger partial charge is 0.344 e. The maximum absolute atomic E-state index is 4.66. The zero-order valence-electron chi connectivity index (χ0n) is 9.86. The van der Waals surface area contributed by atoms with Gasteiger partial charge >= 0.3 is 0 Å². The molecule has 0 bridgehead atoms. The topological polar surface area (TPSA) is 17.8 Å². The fraction of sp³-hybridized carbons (Fsp3) is 0.462. The predicted molar refractivity (Wildman–Crippen MR) is 64.2 cm³/mol. The Morgan fingerprint density at radius 3 is 2.40 bits per heavy atom. The van der Waals surface area contributed by atoms with E-state index in [-0.39, 0.29) is 0 Å². The second-order valence-corrected chi connectivity index (χ2v) is 4.61. The van der Waals surface area contributed by atoms with Crippen LogP contribution in [0.2, 0.25) is 0 Å². The van der Waals surface area contributed by atoms with Crippen molar-refractivity contribution in [1.82, 2.24) is 9.55 Å². The van der Waals surface area contributed by atoms with Crippen LogP contribution < -0.4 is 0 Å². The van der Waals surface area contributed by atoms with Crippen LogP contribution in [0.15, 0.2) is 24.4 Å². The van der Waals surface area contributed by atoms with Crippen LogP contribution in [0.25, 0.3) is 11.0 Å². The van der Waals surface area contributed by atoms with Gasteiger partial charge in [0.05, 0.1) is 11.0 Å². The molecule has 0 saturated heterocycles. The van der Waals surface area contributed by atoms with Gasteiger partial charge in [0.2, 0.25) is 0 Å². The quantitative estimate of drug-likeness (QED) is 0.725. The molecule has 0 atom stereocenters. The van der Waals surface area contributed by atoms with E-state index < -0.39 is 0 Å². The molecule has 0 radical (unpaired) electrons. The van der Waals surface area contributed by atoms with Gasteiger partial charge in [-0.25, -0.2) is 0 Å². The van der Waals surface area contributed by atoms with Gasteiger partial charge in [0.25, 0.3) is 0 Å². The van der Waals surface area contributed by atoms with Gasteiger partial charge < -0.3 is 4.57 Å². The van der Waals surface area contributed by atoms with Crippen molar-refractivity contribution in [3.8, 4) is 0 Å². The van der Waals surface area contributed by atoms with Crippen molar-refractivity contribution in [2.45, 2.75) is 39.7 Å². The van der Waals surface area contributed by atoms with Gasteiger partial charge in [0.15, 0.2) is 0 Å². The van der Waals surface area contributed by atoms with Crippen LogP contribution >= 0.6 is 0 Å². The Kier molecular flexibility index (Phi) is 2.51. The molecule has 0 unspecified atom stereocenters. The van der Waals surface area contributed by atoms with Gasteiger partial charge in [0, 0.05) is 17.9 Å². The fourth-order valence-corrected chi connectivity index (χ4v) is 1.83. The third kappa shape index (κ3) is 1.76. The first-order chi connectivity index (χ1) is 7.09. The summed E-state index contributed by atoms with van der Waals surface area (Å²) in [6.07, 6.45) is 2.12. The Bertz CT molecular complexity index is 466. The standard InChI is InChI=1S/C13H18N2/c1-9(2)11-5-6-13-12(14-11)7-8-15(13)10(3)4/h5-10H,1-4H3. The predicted octanol–water partition coefficient (Wildman–Crippen LogP) is 3.74. The number of nitrogens with zero attached hydrogens (tertiary/aromatic N) is 2. The highest BCUT2D eigenvalue weighted by molar-refractivity contribution is 5.76. The number of aromatic nitrogens is 2. The molecule has 2 heteroatoms. The summed E-state index contributed by atoms with van der Waals surface area (Å²) in [5.41, 5.74) is 3.51. The Balaban J connectivity index is 2.57. The van der Waals surface area contributed by atoms with E-state index in [1.165, 1.54) is 11.2 Å². The minimum absolute atomic E-state index is 0.495. The van der Waals surface area contributed by atoms with E-state index in [0.717, 1.165) is 5.52 Å². The van der Waals surface area contributed by atoms with Crippen LogP contribution in [-0.4, -0.2) is 9.55 Å². The summed E-state index contributed by atoms with van der Waals surface area (Å²) in [5.74, 6) is 0.497. The minimum atomic E-state index is 0.495. The van der Waals surface area contributed by atoms with E-state index >= 15 is 0 Å². The van der Waals surface area contributed by atoms with Crippen LogP contribution in [0, 0.1) is 0 Å². The second kappa shape index (κ2) is 3.69. The number of rotatable bonds is 2. The lowest BCUT2D eigenvalue weighted by Crippen LogP contribution is -1.99.